The SMILES string of the molecule is CCOc1cc(/C=N\NC(=O)c2ccc(F)cc2)cc(I)c1OCC. The number of hydrogen-bond donors (Lipinski definition) is 1. The molecule has 0 aromatic heterocycles. The summed E-state index contributed by atoms with van der Waals surface area (Å²) < 4.78 is 25.0. The van der Waals surface area contributed by atoms with E-state index in [4.69, 9.17) is 9.47 Å². The van der Waals surface area contributed by atoms with Crippen LogP contribution in [-0.4, -0.2) is 25.3 Å². The van der Waals surface area contributed by atoms with Gasteiger partial charge in [-0.1, -0.05) is 0 Å². The first-order chi connectivity index (χ1) is 12.0. The zero-order valence-electron chi connectivity index (χ0n) is 13.9. The Morgan fingerprint density at radius 2 is 1.88 bits per heavy atom. The van der Waals surface area contributed by atoms with E-state index in [0.717, 1.165) is 9.13 Å². The van der Waals surface area contributed by atoms with Crippen LogP contribution in [0, 0.1) is 9.39 Å². The van der Waals surface area contributed by atoms with Crippen LogP contribution in [0.25, 0.3) is 0 Å². The molecule has 0 saturated heterocycles. The Hall–Kier alpha value is -2.16. The molecule has 0 aliphatic heterocycles. The number of benzene rings is 2. The predicted molar refractivity (Wildman–Crippen MR) is 103 cm³/mol. The molecule has 2 aromatic rings. The van der Waals surface area contributed by atoms with Crippen molar-refractivity contribution < 1.29 is 18.7 Å². The van der Waals surface area contributed by atoms with E-state index in [-0.39, 0.29) is 0 Å². The summed E-state index contributed by atoms with van der Waals surface area (Å²) in [5.41, 5.74) is 3.50. The lowest BCUT2D eigenvalue weighted by Gasteiger charge is -2.13. The normalized spacial score (nSPS) is 10.7. The number of rotatable bonds is 7. The van der Waals surface area contributed by atoms with Crippen molar-refractivity contribution in [3.8, 4) is 11.5 Å². The molecule has 25 heavy (non-hydrogen) atoms. The first-order valence-electron chi connectivity index (χ1n) is 7.73. The lowest BCUT2D eigenvalue weighted by Crippen LogP contribution is -2.17. The smallest absolute Gasteiger partial charge is 0.271 e. The molecule has 0 radical (unpaired) electrons. The lowest BCUT2D eigenvalue weighted by atomic mass is 10.2. The molecule has 0 aliphatic rings. The van der Waals surface area contributed by atoms with Crippen LogP contribution in [-0.2, 0) is 0 Å². The Kier molecular flexibility index (Phi) is 7.17. The number of halogens is 2. The lowest BCUT2D eigenvalue weighted by molar-refractivity contribution is 0.0955. The van der Waals surface area contributed by atoms with Gasteiger partial charge in [-0.25, -0.2) is 9.82 Å². The van der Waals surface area contributed by atoms with E-state index in [1.165, 1.54) is 30.5 Å². The number of amides is 1. The number of carbonyl (C=O) groups is 1. The summed E-state index contributed by atoms with van der Waals surface area (Å²) in [4.78, 5) is 11.9. The van der Waals surface area contributed by atoms with Gasteiger partial charge in [0.05, 0.1) is 23.0 Å². The number of hydrazone groups is 1. The first-order valence-corrected chi connectivity index (χ1v) is 8.81. The van der Waals surface area contributed by atoms with Crippen molar-refractivity contribution in [3.63, 3.8) is 0 Å². The fraction of sp³-hybridized carbons (Fsp3) is 0.222. The summed E-state index contributed by atoms with van der Waals surface area (Å²) in [6, 6.07) is 8.91. The van der Waals surface area contributed by atoms with Crippen LogP contribution in [0.1, 0.15) is 29.8 Å². The monoisotopic (exact) mass is 456 g/mol. The van der Waals surface area contributed by atoms with E-state index < -0.39 is 11.7 Å². The van der Waals surface area contributed by atoms with Crippen molar-refractivity contribution >= 4 is 34.7 Å². The van der Waals surface area contributed by atoms with Crippen molar-refractivity contribution in [3.05, 3.63) is 56.9 Å². The van der Waals surface area contributed by atoms with E-state index in [2.05, 4.69) is 33.1 Å². The number of ether oxygens (including phenoxy) is 2. The van der Waals surface area contributed by atoms with Gasteiger partial charge in [-0.2, -0.15) is 5.10 Å². The van der Waals surface area contributed by atoms with Crippen molar-refractivity contribution in [1.82, 2.24) is 5.43 Å². The molecule has 132 valence electrons. The molecule has 0 bridgehead atoms. The molecule has 1 amide bonds. The maximum atomic E-state index is 12.9. The minimum atomic E-state index is -0.415. The van der Waals surface area contributed by atoms with Crippen LogP contribution in [0.15, 0.2) is 41.5 Å². The molecule has 0 heterocycles. The second kappa shape index (κ2) is 9.36. The molecule has 0 aliphatic carbocycles. The third kappa shape index (κ3) is 5.42. The highest BCUT2D eigenvalue weighted by Crippen LogP contribution is 2.33. The van der Waals surface area contributed by atoms with Gasteiger partial charge in [-0.15, -0.1) is 0 Å². The summed E-state index contributed by atoms with van der Waals surface area (Å²) in [6.07, 6.45) is 1.52. The summed E-state index contributed by atoms with van der Waals surface area (Å²) in [6.45, 7) is 4.85. The third-order valence-corrected chi connectivity index (χ3v) is 3.91. The summed E-state index contributed by atoms with van der Waals surface area (Å²) in [7, 11) is 0. The van der Waals surface area contributed by atoms with Crippen LogP contribution in [0.3, 0.4) is 0 Å². The highest BCUT2D eigenvalue weighted by molar-refractivity contribution is 14.1. The van der Waals surface area contributed by atoms with Gasteiger partial charge in [0.1, 0.15) is 5.82 Å². The second-order valence-electron chi connectivity index (χ2n) is 4.90. The Bertz CT molecular complexity index is 764. The molecule has 5 nitrogen and oxygen atoms in total. The third-order valence-electron chi connectivity index (χ3n) is 3.11. The number of carbonyl (C=O) groups excluding carboxylic acids is 1. The van der Waals surface area contributed by atoms with Gasteiger partial charge in [0.2, 0.25) is 0 Å². The van der Waals surface area contributed by atoms with Gasteiger partial charge in [0.15, 0.2) is 11.5 Å². The summed E-state index contributed by atoms with van der Waals surface area (Å²) >= 11 is 2.16. The van der Waals surface area contributed by atoms with Crippen LogP contribution in [0.2, 0.25) is 0 Å². The van der Waals surface area contributed by atoms with Crippen molar-refractivity contribution in [2.24, 2.45) is 5.10 Å². The fourth-order valence-corrected chi connectivity index (χ4v) is 2.82. The topological polar surface area (TPSA) is 59.9 Å². The van der Waals surface area contributed by atoms with Gasteiger partial charge in [-0.3, -0.25) is 4.79 Å². The van der Waals surface area contributed by atoms with Crippen LogP contribution >= 0.6 is 22.6 Å². The quantitative estimate of drug-likeness (QED) is 0.390. The maximum absolute atomic E-state index is 12.9. The molecule has 0 unspecified atom stereocenters. The second-order valence-corrected chi connectivity index (χ2v) is 6.06. The van der Waals surface area contributed by atoms with E-state index in [9.17, 15) is 9.18 Å². The van der Waals surface area contributed by atoms with E-state index in [0.29, 0.717) is 30.3 Å². The fourth-order valence-electron chi connectivity index (χ4n) is 2.04. The molecule has 1 N–H and O–H groups in total. The standard InChI is InChI=1S/C18H18FIN2O3/c1-3-24-16-10-12(9-15(20)17(16)25-4-2)11-21-22-18(23)13-5-7-14(19)8-6-13/h5-11H,3-4H2,1-2H3,(H,22,23)/b21-11-. The molecule has 0 saturated carbocycles. The van der Waals surface area contributed by atoms with E-state index in [1.807, 2.05) is 19.9 Å². The molecule has 0 atom stereocenters. The molecule has 7 heteroatoms. The minimum absolute atomic E-state index is 0.329. The largest absolute Gasteiger partial charge is 0.490 e. The van der Waals surface area contributed by atoms with Gasteiger partial charge < -0.3 is 9.47 Å². The zero-order valence-corrected chi connectivity index (χ0v) is 16.0. The predicted octanol–water partition coefficient (Wildman–Crippen LogP) is 3.99. The molecule has 2 rings (SSSR count). The Labute approximate surface area is 159 Å². The number of nitrogens with one attached hydrogen (secondary N) is 1. The van der Waals surface area contributed by atoms with Crippen molar-refractivity contribution in [2.75, 3.05) is 13.2 Å². The Morgan fingerprint density at radius 1 is 1.20 bits per heavy atom. The van der Waals surface area contributed by atoms with Crippen molar-refractivity contribution in [2.45, 2.75) is 13.8 Å². The average molecular weight is 456 g/mol. The number of nitrogens with zero attached hydrogens (tertiary/aromatic N) is 1. The highest BCUT2D eigenvalue weighted by atomic mass is 127. The van der Waals surface area contributed by atoms with E-state index in [1.54, 1.807) is 6.07 Å². The van der Waals surface area contributed by atoms with E-state index >= 15 is 0 Å². The van der Waals surface area contributed by atoms with Crippen LogP contribution in [0.4, 0.5) is 4.39 Å². The highest BCUT2D eigenvalue weighted by Gasteiger charge is 2.11. The van der Waals surface area contributed by atoms with Crippen LogP contribution in [0.5, 0.6) is 11.5 Å². The number of hydrogen-bond acceptors (Lipinski definition) is 4. The van der Waals surface area contributed by atoms with Crippen molar-refractivity contribution in [1.29, 1.82) is 0 Å². The summed E-state index contributed by atoms with van der Waals surface area (Å²) in [5, 5.41) is 3.94. The van der Waals surface area contributed by atoms with Gasteiger partial charge >= 0.3 is 0 Å². The van der Waals surface area contributed by atoms with Gasteiger partial charge in [0, 0.05) is 5.56 Å². The van der Waals surface area contributed by atoms with Gasteiger partial charge in [-0.05, 0) is 78.4 Å². The zero-order chi connectivity index (χ0) is 18.2. The molecule has 2 aromatic carbocycles. The average Bonchev–Trinajstić information content (AvgIpc) is 2.59. The Balaban J connectivity index is 2.12. The molecule has 0 spiro atoms. The molecule has 0 fully saturated rings. The molecular formula is C18H18FIN2O3. The minimum Gasteiger partial charge on any atom is -0.490 e. The first kappa shape index (κ1) is 19.2. The maximum Gasteiger partial charge on any atom is 0.271 e. The van der Waals surface area contributed by atoms with Gasteiger partial charge in [0.25, 0.3) is 5.91 Å². The molecular weight excluding hydrogens is 438 g/mol. The summed E-state index contributed by atoms with van der Waals surface area (Å²) in [5.74, 6) is 0.509. The Morgan fingerprint density at radius 3 is 2.52 bits per heavy atom. The van der Waals surface area contributed by atoms with Crippen LogP contribution < -0.4 is 14.9 Å².